The average molecular weight is 349 g/mol. The average Bonchev–Trinajstić information content (AvgIpc) is 2.42. The van der Waals surface area contributed by atoms with E-state index in [9.17, 15) is 0 Å². The highest BCUT2D eigenvalue weighted by Crippen LogP contribution is 2.26. The maximum atomic E-state index is 6.24. The number of benzene rings is 1. The van der Waals surface area contributed by atoms with E-state index in [-0.39, 0.29) is 6.04 Å². The van der Waals surface area contributed by atoms with Crippen molar-refractivity contribution in [1.29, 1.82) is 0 Å². The molecule has 0 saturated heterocycles. The van der Waals surface area contributed by atoms with Gasteiger partial charge in [-0.2, -0.15) is 0 Å². The quantitative estimate of drug-likeness (QED) is 0.759. The first-order valence-electron chi connectivity index (χ1n) is 6.73. The first-order valence-corrected chi connectivity index (χ1v) is 7.90. The van der Waals surface area contributed by atoms with E-state index in [1.54, 1.807) is 0 Å². The Balaban J connectivity index is 2.60. The second-order valence-electron chi connectivity index (χ2n) is 4.44. The Morgan fingerprint density at radius 1 is 1.37 bits per heavy atom. The van der Waals surface area contributed by atoms with Crippen LogP contribution in [-0.2, 0) is 0 Å². The summed E-state index contributed by atoms with van der Waals surface area (Å²) in [5.74, 6) is 0. The number of rotatable bonds is 8. The van der Waals surface area contributed by atoms with Crippen LogP contribution in [0.5, 0.6) is 0 Å². The van der Waals surface area contributed by atoms with Crippen LogP contribution in [0.3, 0.4) is 0 Å². The predicted octanol–water partition coefficient (Wildman–Crippen LogP) is 3.03. The largest absolute Gasteiger partial charge is 0.329 e. The minimum Gasteiger partial charge on any atom is -0.329 e. The van der Waals surface area contributed by atoms with Gasteiger partial charge in [-0.25, -0.2) is 0 Å². The standard InChI is InChI=1S/C14H23BrClN3/c1-3-19(4-2)8-7-18-14(10-17)12-9-11(15)5-6-13(12)16/h5-6,9,14,18H,3-4,7-8,10,17H2,1-2H3. The Morgan fingerprint density at radius 3 is 2.63 bits per heavy atom. The molecule has 19 heavy (non-hydrogen) atoms. The van der Waals surface area contributed by atoms with Gasteiger partial charge in [-0.05, 0) is 36.9 Å². The molecule has 5 heteroatoms. The number of hydrogen-bond acceptors (Lipinski definition) is 3. The van der Waals surface area contributed by atoms with Crippen LogP contribution >= 0.6 is 27.5 Å². The maximum Gasteiger partial charge on any atom is 0.0460 e. The molecule has 0 aliphatic rings. The lowest BCUT2D eigenvalue weighted by atomic mass is 10.1. The van der Waals surface area contributed by atoms with Gasteiger partial charge in [-0.1, -0.05) is 41.4 Å². The van der Waals surface area contributed by atoms with Crippen molar-refractivity contribution in [2.75, 3.05) is 32.7 Å². The van der Waals surface area contributed by atoms with Crippen molar-refractivity contribution in [1.82, 2.24) is 10.2 Å². The van der Waals surface area contributed by atoms with Gasteiger partial charge in [0, 0.05) is 35.2 Å². The molecule has 0 aromatic heterocycles. The molecule has 0 spiro atoms. The maximum absolute atomic E-state index is 6.24. The molecule has 0 saturated carbocycles. The fraction of sp³-hybridized carbons (Fsp3) is 0.571. The predicted molar refractivity (Wildman–Crippen MR) is 86.7 cm³/mol. The van der Waals surface area contributed by atoms with Crippen molar-refractivity contribution in [3.8, 4) is 0 Å². The van der Waals surface area contributed by atoms with Gasteiger partial charge >= 0.3 is 0 Å². The zero-order chi connectivity index (χ0) is 14.3. The number of likely N-dealkylation sites (N-methyl/N-ethyl adjacent to an activating group) is 1. The molecule has 0 radical (unpaired) electrons. The Hall–Kier alpha value is -0.130. The Labute approximate surface area is 129 Å². The third-order valence-corrected chi connectivity index (χ3v) is 4.12. The monoisotopic (exact) mass is 347 g/mol. The summed E-state index contributed by atoms with van der Waals surface area (Å²) in [6.07, 6.45) is 0. The molecule has 108 valence electrons. The molecular formula is C14H23BrClN3. The number of nitrogens with one attached hydrogen (secondary N) is 1. The Bertz CT molecular complexity index is 383. The second kappa shape index (κ2) is 8.93. The van der Waals surface area contributed by atoms with Crippen molar-refractivity contribution >= 4 is 27.5 Å². The van der Waals surface area contributed by atoms with Crippen molar-refractivity contribution in [2.24, 2.45) is 5.73 Å². The minimum absolute atomic E-state index is 0.0977. The second-order valence-corrected chi connectivity index (χ2v) is 5.76. The zero-order valence-corrected chi connectivity index (χ0v) is 14.0. The molecule has 0 amide bonds. The molecule has 0 aliphatic heterocycles. The fourth-order valence-corrected chi connectivity index (χ4v) is 2.67. The van der Waals surface area contributed by atoms with Crippen LogP contribution in [0.25, 0.3) is 0 Å². The fourth-order valence-electron chi connectivity index (χ4n) is 2.04. The highest BCUT2D eigenvalue weighted by atomic mass is 79.9. The lowest BCUT2D eigenvalue weighted by Gasteiger charge is -2.22. The topological polar surface area (TPSA) is 41.3 Å². The molecule has 0 heterocycles. The van der Waals surface area contributed by atoms with Gasteiger partial charge in [-0.3, -0.25) is 0 Å². The number of nitrogens with zero attached hydrogens (tertiary/aromatic N) is 1. The van der Waals surface area contributed by atoms with E-state index in [4.69, 9.17) is 17.3 Å². The molecule has 1 atom stereocenters. The van der Waals surface area contributed by atoms with Crippen molar-refractivity contribution < 1.29 is 0 Å². The molecule has 1 unspecified atom stereocenters. The van der Waals surface area contributed by atoms with Crippen molar-refractivity contribution in [2.45, 2.75) is 19.9 Å². The molecule has 1 aromatic carbocycles. The molecule has 0 fully saturated rings. The summed E-state index contributed by atoms with van der Waals surface area (Å²) in [6, 6.07) is 5.97. The highest BCUT2D eigenvalue weighted by molar-refractivity contribution is 9.10. The van der Waals surface area contributed by atoms with Crippen LogP contribution in [0.2, 0.25) is 5.02 Å². The molecular weight excluding hydrogens is 326 g/mol. The molecule has 1 rings (SSSR count). The molecule has 1 aromatic rings. The smallest absolute Gasteiger partial charge is 0.0460 e. The van der Waals surface area contributed by atoms with Crippen molar-refractivity contribution in [3.05, 3.63) is 33.3 Å². The summed E-state index contributed by atoms with van der Waals surface area (Å²) in [5.41, 5.74) is 6.91. The Kier molecular flexibility index (Phi) is 7.95. The zero-order valence-electron chi connectivity index (χ0n) is 11.6. The molecule has 0 bridgehead atoms. The van der Waals surface area contributed by atoms with Crippen LogP contribution in [0, 0.1) is 0 Å². The van der Waals surface area contributed by atoms with Gasteiger partial charge < -0.3 is 16.0 Å². The summed E-state index contributed by atoms with van der Waals surface area (Å²) in [4.78, 5) is 2.38. The SMILES string of the molecule is CCN(CC)CCNC(CN)c1cc(Br)ccc1Cl. The number of hydrogen-bond donors (Lipinski definition) is 2. The van der Waals surface area contributed by atoms with Gasteiger partial charge in [0.15, 0.2) is 0 Å². The van der Waals surface area contributed by atoms with Crippen LogP contribution in [-0.4, -0.2) is 37.6 Å². The van der Waals surface area contributed by atoms with Crippen LogP contribution in [0.15, 0.2) is 22.7 Å². The van der Waals surface area contributed by atoms with Gasteiger partial charge in [0.2, 0.25) is 0 Å². The minimum atomic E-state index is 0.0977. The molecule has 3 N–H and O–H groups in total. The van der Waals surface area contributed by atoms with E-state index in [2.05, 4.69) is 40.0 Å². The van der Waals surface area contributed by atoms with E-state index in [1.807, 2.05) is 18.2 Å². The van der Waals surface area contributed by atoms with Gasteiger partial charge in [0.05, 0.1) is 0 Å². The van der Waals surface area contributed by atoms with Gasteiger partial charge in [0.25, 0.3) is 0 Å². The lowest BCUT2D eigenvalue weighted by Crippen LogP contribution is -2.36. The third-order valence-electron chi connectivity index (χ3n) is 3.28. The van der Waals surface area contributed by atoms with Crippen LogP contribution < -0.4 is 11.1 Å². The summed E-state index contributed by atoms with van der Waals surface area (Å²) < 4.78 is 1.02. The van der Waals surface area contributed by atoms with E-state index >= 15 is 0 Å². The summed E-state index contributed by atoms with van der Waals surface area (Å²) >= 11 is 9.71. The van der Waals surface area contributed by atoms with E-state index in [1.165, 1.54) is 0 Å². The third kappa shape index (κ3) is 5.40. The highest BCUT2D eigenvalue weighted by Gasteiger charge is 2.13. The van der Waals surface area contributed by atoms with E-state index < -0.39 is 0 Å². The number of halogens is 2. The van der Waals surface area contributed by atoms with Crippen LogP contribution in [0.1, 0.15) is 25.5 Å². The summed E-state index contributed by atoms with van der Waals surface area (Å²) in [5, 5.41) is 4.24. The summed E-state index contributed by atoms with van der Waals surface area (Å²) in [7, 11) is 0. The van der Waals surface area contributed by atoms with Gasteiger partial charge in [0.1, 0.15) is 0 Å². The first-order chi connectivity index (χ1) is 9.12. The van der Waals surface area contributed by atoms with E-state index in [0.29, 0.717) is 6.54 Å². The Morgan fingerprint density at radius 2 is 2.05 bits per heavy atom. The lowest BCUT2D eigenvalue weighted by molar-refractivity contribution is 0.297. The first kappa shape index (κ1) is 16.9. The molecule has 0 aliphatic carbocycles. The normalized spacial score (nSPS) is 12.9. The van der Waals surface area contributed by atoms with Gasteiger partial charge in [-0.15, -0.1) is 0 Å². The number of nitrogens with two attached hydrogens (primary N) is 1. The van der Waals surface area contributed by atoms with Crippen LogP contribution in [0.4, 0.5) is 0 Å². The van der Waals surface area contributed by atoms with Crippen molar-refractivity contribution in [3.63, 3.8) is 0 Å². The molecule has 3 nitrogen and oxygen atoms in total. The summed E-state index contributed by atoms with van der Waals surface area (Å²) in [6.45, 7) is 8.96. The van der Waals surface area contributed by atoms with E-state index in [0.717, 1.165) is 41.2 Å².